The second-order valence-corrected chi connectivity index (χ2v) is 8.08. The number of nitrogens with zero attached hydrogens (tertiary/aromatic N) is 4. The molecule has 0 bridgehead atoms. The van der Waals surface area contributed by atoms with Gasteiger partial charge in [0.2, 0.25) is 10.0 Å². The van der Waals surface area contributed by atoms with Crippen LogP contribution in [0.25, 0.3) is 0 Å². The molecule has 2 rings (SSSR count). The molecule has 1 aliphatic rings. The van der Waals surface area contributed by atoms with E-state index in [1.54, 1.807) is 18.5 Å². The molecule has 1 aliphatic heterocycles. The minimum absolute atomic E-state index is 0.0133. The van der Waals surface area contributed by atoms with E-state index in [4.69, 9.17) is 0 Å². The van der Waals surface area contributed by atoms with Crippen molar-refractivity contribution in [2.45, 2.75) is 45.6 Å². The van der Waals surface area contributed by atoms with Crippen molar-refractivity contribution in [1.29, 1.82) is 0 Å². The lowest BCUT2D eigenvalue weighted by molar-refractivity contribution is 0.302. The summed E-state index contributed by atoms with van der Waals surface area (Å²) in [5.74, 6) is 0.795. The highest BCUT2D eigenvalue weighted by Crippen LogP contribution is 2.27. The molecule has 1 fully saturated rings. The maximum atomic E-state index is 12.1. The van der Waals surface area contributed by atoms with E-state index in [1.807, 2.05) is 13.8 Å². The number of piperidine rings is 1. The van der Waals surface area contributed by atoms with Gasteiger partial charge in [-0.1, -0.05) is 0 Å². The molecular formula is C13H24N4O3S. The third kappa shape index (κ3) is 3.06. The summed E-state index contributed by atoms with van der Waals surface area (Å²) in [6.07, 6.45) is 1.66. The Balaban J connectivity index is 2.35. The first-order valence-corrected chi connectivity index (χ1v) is 9.02. The molecule has 7 nitrogen and oxygen atoms in total. The van der Waals surface area contributed by atoms with Gasteiger partial charge in [0.25, 0.3) is 0 Å². The Morgan fingerprint density at radius 2 is 2.05 bits per heavy atom. The Kier molecular flexibility index (Phi) is 4.57. The highest BCUT2D eigenvalue weighted by Gasteiger charge is 2.32. The molecule has 21 heavy (non-hydrogen) atoms. The molecule has 1 aromatic heterocycles. The second kappa shape index (κ2) is 5.92. The molecule has 2 heterocycles. The van der Waals surface area contributed by atoms with Crippen molar-refractivity contribution in [3.05, 3.63) is 16.3 Å². The quantitative estimate of drug-likeness (QED) is 0.819. The number of hydrogen-bond donors (Lipinski definition) is 0. The summed E-state index contributed by atoms with van der Waals surface area (Å²) in [4.78, 5) is 12.1. The molecule has 8 heteroatoms. The molecule has 1 saturated heterocycles. The molecule has 1 unspecified atom stereocenters. The van der Waals surface area contributed by atoms with Crippen LogP contribution in [0.4, 0.5) is 0 Å². The fourth-order valence-electron chi connectivity index (χ4n) is 2.85. The minimum Gasteiger partial charge on any atom is -0.276 e. The molecule has 0 aliphatic carbocycles. The van der Waals surface area contributed by atoms with E-state index in [-0.39, 0.29) is 23.4 Å². The van der Waals surface area contributed by atoms with Gasteiger partial charge in [0.15, 0.2) is 0 Å². The van der Waals surface area contributed by atoms with Crippen LogP contribution < -0.4 is 5.69 Å². The van der Waals surface area contributed by atoms with Crippen LogP contribution in [-0.2, 0) is 17.1 Å². The maximum Gasteiger partial charge on any atom is 0.345 e. The Labute approximate surface area is 125 Å². The summed E-state index contributed by atoms with van der Waals surface area (Å²) in [5, 5.41) is 4.34. The van der Waals surface area contributed by atoms with Crippen LogP contribution in [0.15, 0.2) is 4.79 Å². The van der Waals surface area contributed by atoms with E-state index < -0.39 is 10.0 Å². The van der Waals surface area contributed by atoms with E-state index in [9.17, 15) is 13.2 Å². The summed E-state index contributed by atoms with van der Waals surface area (Å²) in [7, 11) is -1.55. The fraction of sp³-hybridized carbons (Fsp3) is 0.846. The topological polar surface area (TPSA) is 77.2 Å². The van der Waals surface area contributed by atoms with Crippen molar-refractivity contribution in [2.75, 3.05) is 18.8 Å². The molecule has 1 atom stereocenters. The zero-order valence-electron chi connectivity index (χ0n) is 13.1. The van der Waals surface area contributed by atoms with E-state index >= 15 is 0 Å². The molecule has 0 amide bonds. The van der Waals surface area contributed by atoms with Crippen LogP contribution in [0.2, 0.25) is 0 Å². The van der Waals surface area contributed by atoms with Gasteiger partial charge in [0, 0.05) is 32.1 Å². The monoisotopic (exact) mass is 316 g/mol. The van der Waals surface area contributed by atoms with Crippen LogP contribution >= 0.6 is 0 Å². The first-order chi connectivity index (χ1) is 9.77. The number of sulfonamides is 1. The largest absolute Gasteiger partial charge is 0.345 e. The van der Waals surface area contributed by atoms with Crippen LogP contribution in [-0.4, -0.2) is 45.9 Å². The lowest BCUT2D eigenvalue weighted by atomic mass is 9.98. The van der Waals surface area contributed by atoms with Crippen LogP contribution in [0.3, 0.4) is 0 Å². The number of hydrogen-bond acceptors (Lipinski definition) is 4. The Bertz CT molecular complexity index is 659. The fourth-order valence-corrected chi connectivity index (χ4v) is 4.03. The lowest BCUT2D eigenvalue weighted by Crippen LogP contribution is -2.40. The van der Waals surface area contributed by atoms with Gasteiger partial charge in [0.1, 0.15) is 5.82 Å². The highest BCUT2D eigenvalue weighted by atomic mass is 32.2. The molecular weight excluding hydrogens is 292 g/mol. The molecule has 1 aromatic rings. The van der Waals surface area contributed by atoms with E-state index in [0.717, 1.165) is 12.8 Å². The molecule has 120 valence electrons. The second-order valence-electron chi connectivity index (χ2n) is 5.83. The maximum absolute atomic E-state index is 12.1. The van der Waals surface area contributed by atoms with Gasteiger partial charge in [-0.15, -0.1) is 0 Å². The van der Waals surface area contributed by atoms with Crippen molar-refractivity contribution in [1.82, 2.24) is 18.7 Å². The normalized spacial score (nSPS) is 21.1. The van der Waals surface area contributed by atoms with E-state index in [1.165, 1.54) is 8.99 Å². The van der Waals surface area contributed by atoms with Crippen LogP contribution in [0.5, 0.6) is 0 Å². The van der Waals surface area contributed by atoms with Crippen molar-refractivity contribution in [3.8, 4) is 0 Å². The van der Waals surface area contributed by atoms with Crippen molar-refractivity contribution >= 4 is 10.0 Å². The highest BCUT2D eigenvalue weighted by molar-refractivity contribution is 7.89. The molecule has 0 radical (unpaired) electrons. The van der Waals surface area contributed by atoms with Crippen molar-refractivity contribution < 1.29 is 8.42 Å². The summed E-state index contributed by atoms with van der Waals surface area (Å²) in [6, 6.07) is 0.0133. The Hall–Kier alpha value is -1.15. The van der Waals surface area contributed by atoms with Gasteiger partial charge in [-0.2, -0.15) is 5.10 Å². The summed E-state index contributed by atoms with van der Waals surface area (Å²) < 4.78 is 28.6. The average Bonchev–Trinajstić information content (AvgIpc) is 2.75. The predicted molar refractivity (Wildman–Crippen MR) is 80.9 cm³/mol. The SMILES string of the molecule is CCS(=O)(=O)N1CCCC(c2nn(C)c(=O)n2C(C)C)C1. The first kappa shape index (κ1) is 16.2. The molecule has 0 aromatic carbocycles. The average molecular weight is 316 g/mol. The van der Waals surface area contributed by atoms with Crippen LogP contribution in [0.1, 0.15) is 51.4 Å². The molecule has 0 spiro atoms. The predicted octanol–water partition coefficient (Wildman–Crippen LogP) is 0.692. The zero-order valence-corrected chi connectivity index (χ0v) is 13.9. The summed E-state index contributed by atoms with van der Waals surface area (Å²) in [6.45, 7) is 6.51. The minimum atomic E-state index is -3.19. The molecule has 0 N–H and O–H groups in total. The van der Waals surface area contributed by atoms with Crippen molar-refractivity contribution in [2.24, 2.45) is 7.05 Å². The Morgan fingerprint density at radius 1 is 1.38 bits per heavy atom. The van der Waals surface area contributed by atoms with Crippen molar-refractivity contribution in [3.63, 3.8) is 0 Å². The smallest absolute Gasteiger partial charge is 0.276 e. The lowest BCUT2D eigenvalue weighted by Gasteiger charge is -2.31. The van der Waals surface area contributed by atoms with Gasteiger partial charge in [-0.3, -0.25) is 4.57 Å². The summed E-state index contributed by atoms with van der Waals surface area (Å²) in [5.41, 5.74) is -0.143. The van der Waals surface area contributed by atoms with E-state index in [2.05, 4.69) is 5.10 Å². The van der Waals surface area contributed by atoms with Gasteiger partial charge in [0.05, 0.1) is 5.75 Å². The van der Waals surface area contributed by atoms with Gasteiger partial charge >= 0.3 is 5.69 Å². The van der Waals surface area contributed by atoms with Gasteiger partial charge < -0.3 is 0 Å². The summed E-state index contributed by atoms with van der Waals surface area (Å²) >= 11 is 0. The van der Waals surface area contributed by atoms with Crippen LogP contribution in [0, 0.1) is 0 Å². The standard InChI is InChI=1S/C13H24N4O3S/c1-5-21(19,20)16-8-6-7-11(9-16)12-14-15(4)13(18)17(12)10(2)3/h10-11H,5-9H2,1-4H3. The number of aromatic nitrogens is 3. The number of rotatable bonds is 4. The van der Waals surface area contributed by atoms with Gasteiger partial charge in [-0.05, 0) is 33.6 Å². The zero-order chi connectivity index (χ0) is 15.8. The number of aryl methyl sites for hydroxylation is 1. The third-order valence-corrected chi connectivity index (χ3v) is 5.85. The first-order valence-electron chi connectivity index (χ1n) is 7.41. The molecule has 0 saturated carbocycles. The third-order valence-electron chi connectivity index (χ3n) is 4.01. The van der Waals surface area contributed by atoms with E-state index in [0.29, 0.717) is 18.9 Å². The Morgan fingerprint density at radius 3 is 2.62 bits per heavy atom. The van der Waals surface area contributed by atoms with Gasteiger partial charge in [-0.25, -0.2) is 22.2 Å².